The van der Waals surface area contributed by atoms with Crippen molar-refractivity contribution in [2.75, 3.05) is 26.2 Å². The molecule has 0 aromatic carbocycles. The second kappa shape index (κ2) is 7.21. The van der Waals surface area contributed by atoms with Gasteiger partial charge in [-0.1, -0.05) is 0 Å². The third-order valence-electron chi connectivity index (χ3n) is 3.78. The van der Waals surface area contributed by atoms with E-state index in [-0.39, 0.29) is 23.4 Å². The van der Waals surface area contributed by atoms with Crippen molar-refractivity contribution < 1.29 is 13.2 Å². The van der Waals surface area contributed by atoms with E-state index in [0.717, 1.165) is 0 Å². The Kier molecular flexibility index (Phi) is 5.54. The Balaban J connectivity index is 2.09. The predicted molar refractivity (Wildman–Crippen MR) is 81.4 cm³/mol. The van der Waals surface area contributed by atoms with Crippen LogP contribution >= 0.6 is 0 Å². The van der Waals surface area contributed by atoms with Crippen LogP contribution in [0.25, 0.3) is 0 Å². The number of carbonyl (C=O) groups excluding carboxylic acids is 1. The normalized spacial score (nSPS) is 20.0. The summed E-state index contributed by atoms with van der Waals surface area (Å²) in [5, 5.41) is 2.76. The SMILES string of the molecule is CCn1cnc(S(=O)(=O)N2CCCC(C(=O)NCCN)C2)c1. The second-order valence-electron chi connectivity index (χ2n) is 5.32. The molecular weight excluding hydrogens is 306 g/mol. The number of piperidine rings is 1. The van der Waals surface area contributed by atoms with Crippen LogP contribution < -0.4 is 11.1 Å². The number of sulfonamides is 1. The first kappa shape index (κ1) is 16.9. The lowest BCUT2D eigenvalue weighted by atomic mass is 9.99. The highest BCUT2D eigenvalue weighted by Crippen LogP contribution is 2.23. The van der Waals surface area contributed by atoms with Gasteiger partial charge in [0.25, 0.3) is 10.0 Å². The van der Waals surface area contributed by atoms with Crippen molar-refractivity contribution in [3.05, 3.63) is 12.5 Å². The Hall–Kier alpha value is -1.45. The van der Waals surface area contributed by atoms with Crippen LogP contribution in [0.5, 0.6) is 0 Å². The first-order chi connectivity index (χ1) is 10.5. The molecule has 2 heterocycles. The quantitative estimate of drug-likeness (QED) is 0.722. The third kappa shape index (κ3) is 3.65. The van der Waals surface area contributed by atoms with Gasteiger partial charge in [-0.05, 0) is 19.8 Å². The summed E-state index contributed by atoms with van der Waals surface area (Å²) in [6, 6.07) is 0. The van der Waals surface area contributed by atoms with Crippen LogP contribution in [0.3, 0.4) is 0 Å². The second-order valence-corrected chi connectivity index (χ2v) is 7.21. The smallest absolute Gasteiger partial charge is 0.262 e. The van der Waals surface area contributed by atoms with Crippen LogP contribution in [0.4, 0.5) is 0 Å². The monoisotopic (exact) mass is 329 g/mol. The molecule has 0 radical (unpaired) electrons. The summed E-state index contributed by atoms with van der Waals surface area (Å²) < 4.78 is 28.3. The van der Waals surface area contributed by atoms with Crippen LogP contribution in [0.1, 0.15) is 19.8 Å². The van der Waals surface area contributed by atoms with Gasteiger partial charge in [0.2, 0.25) is 5.91 Å². The summed E-state index contributed by atoms with van der Waals surface area (Å²) in [6.07, 6.45) is 4.37. The summed E-state index contributed by atoms with van der Waals surface area (Å²) in [5.41, 5.74) is 5.36. The van der Waals surface area contributed by atoms with Crippen LogP contribution in [-0.2, 0) is 21.4 Å². The van der Waals surface area contributed by atoms with Crippen molar-refractivity contribution in [2.45, 2.75) is 31.3 Å². The maximum atomic E-state index is 12.6. The van der Waals surface area contributed by atoms with E-state index in [2.05, 4.69) is 10.3 Å². The van der Waals surface area contributed by atoms with E-state index in [1.807, 2.05) is 6.92 Å². The minimum absolute atomic E-state index is 0.0392. The number of imidazole rings is 1. The standard InChI is InChI=1S/C13H23N5O3S/c1-2-17-9-12(16-10-17)22(20,21)18-7-3-4-11(8-18)13(19)15-6-5-14/h9-11H,2-8,14H2,1H3,(H,15,19). The number of nitrogens with one attached hydrogen (secondary N) is 1. The molecule has 1 aromatic rings. The van der Waals surface area contributed by atoms with E-state index in [9.17, 15) is 13.2 Å². The molecule has 2 rings (SSSR count). The molecule has 1 saturated heterocycles. The predicted octanol–water partition coefficient (Wildman–Crippen LogP) is -0.621. The third-order valence-corrected chi connectivity index (χ3v) is 5.53. The zero-order valence-corrected chi connectivity index (χ0v) is 13.6. The summed E-state index contributed by atoms with van der Waals surface area (Å²) in [7, 11) is -3.64. The van der Waals surface area contributed by atoms with E-state index in [1.165, 1.54) is 16.8 Å². The number of nitrogens with two attached hydrogens (primary N) is 1. The Labute approximate surface area is 130 Å². The molecule has 3 N–H and O–H groups in total. The molecule has 0 spiro atoms. The van der Waals surface area contributed by atoms with Crippen molar-refractivity contribution in [3.63, 3.8) is 0 Å². The lowest BCUT2D eigenvalue weighted by Gasteiger charge is -2.30. The first-order valence-electron chi connectivity index (χ1n) is 7.48. The van der Waals surface area contributed by atoms with Gasteiger partial charge in [0.1, 0.15) is 0 Å². The molecule has 0 saturated carbocycles. The molecule has 1 amide bonds. The van der Waals surface area contributed by atoms with Crippen molar-refractivity contribution in [2.24, 2.45) is 11.7 Å². The van der Waals surface area contributed by atoms with Gasteiger partial charge in [0.05, 0.1) is 12.2 Å². The topological polar surface area (TPSA) is 110 Å². The molecule has 8 nitrogen and oxygen atoms in total. The Morgan fingerprint density at radius 3 is 2.95 bits per heavy atom. The van der Waals surface area contributed by atoms with E-state index in [4.69, 9.17) is 5.73 Å². The first-order valence-corrected chi connectivity index (χ1v) is 8.92. The van der Waals surface area contributed by atoms with E-state index in [0.29, 0.717) is 39.0 Å². The van der Waals surface area contributed by atoms with Gasteiger partial charge in [-0.2, -0.15) is 4.31 Å². The molecule has 1 aliphatic heterocycles. The van der Waals surface area contributed by atoms with Gasteiger partial charge in [-0.25, -0.2) is 13.4 Å². The minimum atomic E-state index is -3.64. The molecule has 1 fully saturated rings. The van der Waals surface area contributed by atoms with Crippen molar-refractivity contribution in [3.8, 4) is 0 Å². The highest BCUT2D eigenvalue weighted by Gasteiger charge is 2.34. The minimum Gasteiger partial charge on any atom is -0.355 e. The van der Waals surface area contributed by atoms with Gasteiger partial charge >= 0.3 is 0 Å². The maximum Gasteiger partial charge on any atom is 0.262 e. The number of aryl methyl sites for hydroxylation is 1. The lowest BCUT2D eigenvalue weighted by Crippen LogP contribution is -2.46. The molecule has 22 heavy (non-hydrogen) atoms. The zero-order valence-electron chi connectivity index (χ0n) is 12.7. The fourth-order valence-corrected chi connectivity index (χ4v) is 3.95. The highest BCUT2D eigenvalue weighted by atomic mass is 32.2. The van der Waals surface area contributed by atoms with Gasteiger partial charge in [0.15, 0.2) is 5.03 Å². The largest absolute Gasteiger partial charge is 0.355 e. The molecular formula is C13H23N5O3S. The number of aromatic nitrogens is 2. The van der Waals surface area contributed by atoms with Gasteiger partial charge in [-0.3, -0.25) is 4.79 Å². The van der Waals surface area contributed by atoms with Crippen LogP contribution in [0.15, 0.2) is 17.6 Å². The number of carbonyl (C=O) groups is 1. The number of rotatable bonds is 6. The molecule has 9 heteroatoms. The molecule has 0 aliphatic carbocycles. The number of amides is 1. The number of hydrogen-bond acceptors (Lipinski definition) is 5. The Morgan fingerprint density at radius 1 is 1.55 bits per heavy atom. The molecule has 1 atom stereocenters. The maximum absolute atomic E-state index is 12.6. The van der Waals surface area contributed by atoms with Gasteiger partial charge < -0.3 is 15.6 Å². The summed E-state index contributed by atoms with van der Waals surface area (Å²) in [5.74, 6) is -0.465. The van der Waals surface area contributed by atoms with Crippen molar-refractivity contribution in [1.82, 2.24) is 19.2 Å². The van der Waals surface area contributed by atoms with Gasteiger partial charge in [-0.15, -0.1) is 0 Å². The fourth-order valence-electron chi connectivity index (χ4n) is 2.49. The van der Waals surface area contributed by atoms with E-state index in [1.54, 1.807) is 4.57 Å². The summed E-state index contributed by atoms with van der Waals surface area (Å²) >= 11 is 0. The number of nitrogens with zero attached hydrogens (tertiary/aromatic N) is 3. The van der Waals surface area contributed by atoms with Crippen LogP contribution in [-0.4, -0.2) is 54.4 Å². The zero-order chi connectivity index (χ0) is 16.2. The van der Waals surface area contributed by atoms with Gasteiger partial charge in [0, 0.05) is 38.9 Å². The number of hydrogen-bond donors (Lipinski definition) is 2. The van der Waals surface area contributed by atoms with E-state index >= 15 is 0 Å². The molecule has 0 bridgehead atoms. The van der Waals surface area contributed by atoms with Crippen LogP contribution in [0, 0.1) is 5.92 Å². The molecule has 1 aromatic heterocycles. The molecule has 1 unspecified atom stereocenters. The Morgan fingerprint density at radius 2 is 2.32 bits per heavy atom. The average molecular weight is 329 g/mol. The van der Waals surface area contributed by atoms with E-state index < -0.39 is 10.0 Å². The van der Waals surface area contributed by atoms with Crippen molar-refractivity contribution in [1.29, 1.82) is 0 Å². The summed E-state index contributed by atoms with van der Waals surface area (Å²) in [6.45, 7) is 3.96. The molecule has 124 valence electrons. The van der Waals surface area contributed by atoms with Crippen LogP contribution in [0.2, 0.25) is 0 Å². The fraction of sp³-hybridized carbons (Fsp3) is 0.692. The molecule has 1 aliphatic rings. The summed E-state index contributed by atoms with van der Waals surface area (Å²) in [4.78, 5) is 16.0. The lowest BCUT2D eigenvalue weighted by molar-refractivity contribution is -0.126. The van der Waals surface area contributed by atoms with Crippen molar-refractivity contribution >= 4 is 15.9 Å². The highest BCUT2D eigenvalue weighted by molar-refractivity contribution is 7.89. The Bertz CT molecular complexity index is 613. The average Bonchev–Trinajstić information content (AvgIpc) is 3.02.